The maximum atomic E-state index is 13.6. The van der Waals surface area contributed by atoms with Gasteiger partial charge in [0.1, 0.15) is 46.1 Å². The number of primary amides is 1. The van der Waals surface area contributed by atoms with Gasteiger partial charge in [-0.15, -0.1) is 0 Å². The minimum absolute atomic E-state index is 0.00590. The molecule has 2 amide bonds. The molecule has 0 fully saturated rings. The molecule has 0 spiro atoms. The highest BCUT2D eigenvalue weighted by molar-refractivity contribution is 6.00. The first-order valence-electron chi connectivity index (χ1n) is 12.6. The van der Waals surface area contributed by atoms with Gasteiger partial charge >= 0.3 is 0 Å². The van der Waals surface area contributed by atoms with Crippen LogP contribution in [-0.2, 0) is 15.8 Å². The molecular formula is C30H29FN4O5. The number of nitrogens with two attached hydrogens (primary N) is 1. The third kappa shape index (κ3) is 4.71. The molecule has 2 aromatic heterocycles. The molecule has 9 nitrogen and oxygen atoms in total. The quantitative estimate of drug-likeness (QED) is 0.324. The SMILES string of the molecule is COc1cc(C(=O)NC[C@](C)(O)c2cc3c(c(-c4ccc(F)cc4)n2)OC[C@]3(C)C(N)=O)cc2ccc(C)nc12. The molecule has 0 bridgehead atoms. The standard InChI is InChI=1S/C30H29FN4O5/c1-16-5-6-18-11-19(12-22(39-4)24(18)34-16)27(36)33-14-30(3,38)23-13-21-26(40-15-29(21,2)28(32)37)25(35-23)17-7-9-20(31)10-8-17/h5-13,38H,14-15H2,1-4H3,(H2,32,37)(H,33,36)/t29-,30-/m0/s1. The van der Waals surface area contributed by atoms with E-state index in [9.17, 15) is 19.1 Å². The minimum atomic E-state index is -1.67. The van der Waals surface area contributed by atoms with E-state index in [0.717, 1.165) is 11.1 Å². The zero-order valence-electron chi connectivity index (χ0n) is 22.5. The lowest BCUT2D eigenvalue weighted by molar-refractivity contribution is -0.123. The number of pyridine rings is 2. The van der Waals surface area contributed by atoms with Gasteiger partial charge in [-0.1, -0.05) is 6.07 Å². The number of benzene rings is 2. The number of nitrogens with one attached hydrogen (secondary N) is 1. The van der Waals surface area contributed by atoms with E-state index in [1.54, 1.807) is 25.1 Å². The molecule has 0 saturated heterocycles. The van der Waals surface area contributed by atoms with Crippen LogP contribution in [0.1, 0.15) is 41.2 Å². The van der Waals surface area contributed by atoms with E-state index in [-0.39, 0.29) is 18.8 Å². The fourth-order valence-electron chi connectivity index (χ4n) is 4.70. The normalized spacial score (nSPS) is 17.6. The Morgan fingerprint density at radius 2 is 1.90 bits per heavy atom. The third-order valence-corrected chi connectivity index (χ3v) is 7.26. The number of fused-ring (bicyclic) bond motifs is 2. The zero-order chi connectivity index (χ0) is 28.8. The molecule has 0 aliphatic carbocycles. The lowest BCUT2D eigenvalue weighted by Gasteiger charge is -2.26. The first-order chi connectivity index (χ1) is 18.9. The number of nitrogens with zero attached hydrogens (tertiary/aromatic N) is 2. The second-order valence-electron chi connectivity index (χ2n) is 10.4. The highest BCUT2D eigenvalue weighted by atomic mass is 19.1. The predicted molar refractivity (Wildman–Crippen MR) is 147 cm³/mol. The van der Waals surface area contributed by atoms with Crippen LogP contribution in [0.15, 0.2) is 54.6 Å². The van der Waals surface area contributed by atoms with E-state index in [1.807, 2.05) is 19.1 Å². The van der Waals surface area contributed by atoms with Crippen molar-refractivity contribution in [1.82, 2.24) is 15.3 Å². The number of rotatable bonds is 7. The van der Waals surface area contributed by atoms with Crippen LogP contribution in [0, 0.1) is 12.7 Å². The Morgan fingerprint density at radius 3 is 2.58 bits per heavy atom. The Morgan fingerprint density at radius 1 is 1.18 bits per heavy atom. The van der Waals surface area contributed by atoms with Crippen LogP contribution in [0.2, 0.25) is 0 Å². The maximum Gasteiger partial charge on any atom is 0.251 e. The number of aryl methyl sites for hydroxylation is 1. The summed E-state index contributed by atoms with van der Waals surface area (Å²) in [5.41, 5.74) is 6.16. The molecule has 2 atom stereocenters. The van der Waals surface area contributed by atoms with Gasteiger partial charge in [-0.2, -0.15) is 0 Å². The minimum Gasteiger partial charge on any atom is -0.494 e. The van der Waals surface area contributed by atoms with Crippen molar-refractivity contribution in [2.75, 3.05) is 20.3 Å². The summed E-state index contributed by atoms with van der Waals surface area (Å²) in [6.07, 6.45) is 0. The van der Waals surface area contributed by atoms with Crippen LogP contribution in [0.3, 0.4) is 0 Å². The lowest BCUT2D eigenvalue weighted by atomic mass is 9.82. The Kier molecular flexibility index (Phi) is 6.67. The number of halogens is 1. The smallest absolute Gasteiger partial charge is 0.251 e. The molecule has 206 valence electrons. The largest absolute Gasteiger partial charge is 0.494 e. The van der Waals surface area contributed by atoms with E-state index >= 15 is 0 Å². The molecule has 0 saturated carbocycles. The van der Waals surface area contributed by atoms with Crippen molar-refractivity contribution >= 4 is 22.7 Å². The number of aromatic nitrogens is 2. The van der Waals surface area contributed by atoms with Crippen LogP contribution in [0.5, 0.6) is 11.5 Å². The fourth-order valence-corrected chi connectivity index (χ4v) is 4.70. The van der Waals surface area contributed by atoms with Crippen LogP contribution in [0.4, 0.5) is 4.39 Å². The van der Waals surface area contributed by atoms with Gasteiger partial charge in [0.15, 0.2) is 0 Å². The van der Waals surface area contributed by atoms with Gasteiger partial charge in [0.05, 0.1) is 19.3 Å². The fraction of sp³-hybridized carbons (Fsp3) is 0.267. The summed E-state index contributed by atoms with van der Waals surface area (Å²) >= 11 is 0. The second kappa shape index (κ2) is 9.87. The summed E-state index contributed by atoms with van der Waals surface area (Å²) in [4.78, 5) is 34.7. The Labute approximate surface area is 230 Å². The van der Waals surface area contributed by atoms with Gasteiger partial charge in [-0.05, 0) is 69.3 Å². The van der Waals surface area contributed by atoms with Crippen molar-refractivity contribution in [2.24, 2.45) is 5.73 Å². The number of hydrogen-bond donors (Lipinski definition) is 3. The van der Waals surface area contributed by atoms with E-state index in [4.69, 9.17) is 15.2 Å². The Hall–Kier alpha value is -4.57. The number of amides is 2. The molecule has 4 aromatic rings. The van der Waals surface area contributed by atoms with E-state index in [1.165, 1.54) is 38.3 Å². The molecule has 10 heteroatoms. The van der Waals surface area contributed by atoms with Crippen LogP contribution in [-0.4, -0.2) is 47.2 Å². The number of carbonyl (C=O) groups excluding carboxylic acids is 2. The Balaban J connectivity index is 1.49. The number of carbonyl (C=O) groups is 2. The summed E-state index contributed by atoms with van der Waals surface area (Å²) in [6.45, 7) is 4.81. The van der Waals surface area contributed by atoms with Gasteiger partial charge in [-0.3, -0.25) is 9.59 Å². The first kappa shape index (κ1) is 27.0. The van der Waals surface area contributed by atoms with Crippen molar-refractivity contribution in [3.63, 3.8) is 0 Å². The molecule has 40 heavy (non-hydrogen) atoms. The summed E-state index contributed by atoms with van der Waals surface area (Å²) in [7, 11) is 1.51. The van der Waals surface area contributed by atoms with Crippen LogP contribution < -0.4 is 20.5 Å². The second-order valence-corrected chi connectivity index (χ2v) is 10.4. The summed E-state index contributed by atoms with van der Waals surface area (Å²) in [6, 6.07) is 14.2. The molecule has 5 rings (SSSR count). The average Bonchev–Trinajstić information content (AvgIpc) is 3.29. The van der Waals surface area contributed by atoms with Gasteiger partial charge in [0.25, 0.3) is 5.91 Å². The first-order valence-corrected chi connectivity index (χ1v) is 12.6. The van der Waals surface area contributed by atoms with Crippen LogP contribution in [0.25, 0.3) is 22.2 Å². The van der Waals surface area contributed by atoms with Gasteiger partial charge < -0.3 is 25.6 Å². The number of aliphatic hydroxyl groups is 1. The maximum absolute atomic E-state index is 13.6. The van der Waals surface area contributed by atoms with Crippen molar-refractivity contribution in [1.29, 1.82) is 0 Å². The van der Waals surface area contributed by atoms with Crippen molar-refractivity contribution in [2.45, 2.75) is 31.8 Å². The van der Waals surface area contributed by atoms with Gasteiger partial charge in [0, 0.05) is 27.8 Å². The topological polar surface area (TPSA) is 137 Å². The summed E-state index contributed by atoms with van der Waals surface area (Å²) in [5.74, 6) is -0.676. The molecule has 0 unspecified atom stereocenters. The molecule has 3 heterocycles. The van der Waals surface area contributed by atoms with Crippen molar-refractivity contribution in [3.05, 3.63) is 82.9 Å². The molecular weight excluding hydrogens is 515 g/mol. The predicted octanol–water partition coefficient (Wildman–Crippen LogP) is 3.53. The van der Waals surface area contributed by atoms with Crippen molar-refractivity contribution < 1.29 is 28.6 Å². The molecule has 1 aliphatic rings. The monoisotopic (exact) mass is 544 g/mol. The number of methoxy groups -OCH3 is 1. The zero-order valence-corrected chi connectivity index (χ0v) is 22.5. The highest BCUT2D eigenvalue weighted by Gasteiger charge is 2.45. The van der Waals surface area contributed by atoms with Crippen LogP contribution >= 0.6 is 0 Å². The number of hydrogen-bond acceptors (Lipinski definition) is 7. The van der Waals surface area contributed by atoms with Crippen molar-refractivity contribution in [3.8, 4) is 22.8 Å². The molecule has 4 N–H and O–H groups in total. The third-order valence-electron chi connectivity index (χ3n) is 7.26. The molecule has 1 aliphatic heterocycles. The summed E-state index contributed by atoms with van der Waals surface area (Å²) < 4.78 is 24.9. The highest BCUT2D eigenvalue weighted by Crippen LogP contribution is 2.45. The van der Waals surface area contributed by atoms with E-state index < -0.39 is 28.6 Å². The van der Waals surface area contributed by atoms with E-state index in [0.29, 0.717) is 39.4 Å². The Bertz CT molecular complexity index is 1650. The molecule has 2 aromatic carbocycles. The van der Waals surface area contributed by atoms with Gasteiger partial charge in [0.2, 0.25) is 5.91 Å². The molecule has 0 radical (unpaired) electrons. The lowest BCUT2D eigenvalue weighted by Crippen LogP contribution is -2.41. The van der Waals surface area contributed by atoms with E-state index in [2.05, 4.69) is 15.3 Å². The van der Waals surface area contributed by atoms with Gasteiger partial charge in [-0.25, -0.2) is 14.4 Å². The summed E-state index contributed by atoms with van der Waals surface area (Å²) in [5, 5.41) is 15.0. The number of ether oxygens (including phenoxy) is 2. The average molecular weight is 545 g/mol.